The van der Waals surface area contributed by atoms with Gasteiger partial charge in [0.05, 0.1) is 39.0 Å². The molecule has 0 N–H and O–H groups in total. The Labute approximate surface area is 340 Å². The van der Waals surface area contributed by atoms with Crippen LogP contribution < -0.4 is 0 Å². The highest BCUT2D eigenvalue weighted by molar-refractivity contribution is 6.20. The fourth-order valence-electron chi connectivity index (χ4n) is 8.93. The quantitative estimate of drug-likeness (QED) is 0.170. The van der Waals surface area contributed by atoms with Gasteiger partial charge in [-0.1, -0.05) is 127 Å². The number of hydrogen-bond acceptors (Lipinski definition) is 2. The van der Waals surface area contributed by atoms with Crippen LogP contribution in [0.1, 0.15) is 0 Å². The second-order valence-electron chi connectivity index (χ2n) is 15.1. The zero-order valence-electron chi connectivity index (χ0n) is 31.9. The number of fused-ring (bicyclic) bond motifs is 7. The minimum absolute atomic E-state index is 0.682. The third kappa shape index (κ3) is 5.40. The van der Waals surface area contributed by atoms with Crippen LogP contribution in [0.2, 0.25) is 0 Å². The lowest BCUT2D eigenvalue weighted by atomic mass is 10.1. The van der Waals surface area contributed by atoms with Gasteiger partial charge in [-0.25, -0.2) is 9.97 Å². The van der Waals surface area contributed by atoms with Gasteiger partial charge in [0.15, 0.2) is 5.82 Å². The minimum atomic E-state index is 0.682. The van der Waals surface area contributed by atoms with Gasteiger partial charge in [-0.15, -0.1) is 0 Å². The molecule has 5 heteroatoms. The van der Waals surface area contributed by atoms with E-state index < -0.39 is 0 Å². The van der Waals surface area contributed by atoms with E-state index in [2.05, 4.69) is 214 Å². The summed E-state index contributed by atoms with van der Waals surface area (Å²) in [7, 11) is 0. The minimum Gasteiger partial charge on any atom is -0.316 e. The molecule has 0 atom stereocenters. The maximum atomic E-state index is 5.21. The molecule has 0 aliphatic carbocycles. The van der Waals surface area contributed by atoms with Crippen molar-refractivity contribution in [3.8, 4) is 51.0 Å². The number of rotatable bonds is 6. The first kappa shape index (κ1) is 33.2. The fourth-order valence-corrected chi connectivity index (χ4v) is 8.93. The summed E-state index contributed by atoms with van der Waals surface area (Å²) in [6.45, 7) is 0. The van der Waals surface area contributed by atoms with Gasteiger partial charge in [0, 0.05) is 66.9 Å². The van der Waals surface area contributed by atoms with Crippen molar-refractivity contribution in [2.75, 3.05) is 0 Å². The third-order valence-corrected chi connectivity index (χ3v) is 11.6. The van der Waals surface area contributed by atoms with Gasteiger partial charge >= 0.3 is 0 Å². The number of benzene rings is 8. The molecule has 0 radical (unpaired) electrons. The fraction of sp³-hybridized carbons (Fsp3) is 0. The molecule has 0 saturated heterocycles. The molecule has 4 heterocycles. The van der Waals surface area contributed by atoms with Gasteiger partial charge in [0.1, 0.15) is 0 Å². The van der Waals surface area contributed by atoms with Crippen LogP contribution in [0, 0.1) is 0 Å². The summed E-state index contributed by atoms with van der Waals surface area (Å²) in [5.74, 6) is 0.682. The summed E-state index contributed by atoms with van der Waals surface area (Å²) in [5.41, 5.74) is 13.9. The van der Waals surface area contributed by atoms with Crippen molar-refractivity contribution < 1.29 is 0 Å². The van der Waals surface area contributed by atoms with Crippen LogP contribution in [0.4, 0.5) is 0 Å². The largest absolute Gasteiger partial charge is 0.316 e. The molecule has 0 saturated carbocycles. The predicted octanol–water partition coefficient (Wildman–Crippen LogP) is 13.6. The molecule has 0 fully saturated rings. The average Bonchev–Trinajstić information content (AvgIpc) is 3.98. The van der Waals surface area contributed by atoms with Gasteiger partial charge in [-0.2, -0.15) is 0 Å². The highest BCUT2D eigenvalue weighted by atomic mass is 15.0. The summed E-state index contributed by atoms with van der Waals surface area (Å²) in [4.78, 5) is 10.4. The van der Waals surface area contributed by atoms with E-state index in [9.17, 15) is 0 Å². The van der Waals surface area contributed by atoms with Crippen LogP contribution in [0.15, 0.2) is 212 Å². The molecule has 0 aliphatic heterocycles. The Morgan fingerprint density at radius 3 is 1.49 bits per heavy atom. The second-order valence-corrected chi connectivity index (χ2v) is 15.1. The van der Waals surface area contributed by atoms with E-state index >= 15 is 0 Å². The third-order valence-electron chi connectivity index (χ3n) is 11.6. The molecule has 0 amide bonds. The Hall–Kier alpha value is -8.02. The van der Waals surface area contributed by atoms with E-state index in [-0.39, 0.29) is 0 Å². The Bertz CT molecular complexity index is 3470. The van der Waals surface area contributed by atoms with Crippen LogP contribution in [0.3, 0.4) is 0 Å². The van der Waals surface area contributed by atoms with E-state index in [1.807, 2.05) is 12.1 Å². The number of nitrogens with zero attached hydrogens (tertiary/aromatic N) is 5. The van der Waals surface area contributed by atoms with Crippen molar-refractivity contribution in [3.63, 3.8) is 0 Å². The molecule has 12 rings (SSSR count). The van der Waals surface area contributed by atoms with Gasteiger partial charge < -0.3 is 13.7 Å². The van der Waals surface area contributed by atoms with Crippen LogP contribution in [0.25, 0.3) is 105 Å². The maximum absolute atomic E-state index is 5.21. The molecule has 0 bridgehead atoms. The molecule has 276 valence electrons. The first-order valence-corrected chi connectivity index (χ1v) is 20.0. The molecule has 59 heavy (non-hydrogen) atoms. The van der Waals surface area contributed by atoms with E-state index in [4.69, 9.17) is 9.97 Å². The summed E-state index contributed by atoms with van der Waals surface area (Å²) >= 11 is 0. The van der Waals surface area contributed by atoms with Gasteiger partial charge in [-0.05, 0) is 78.9 Å². The van der Waals surface area contributed by atoms with Crippen LogP contribution >= 0.6 is 0 Å². The Morgan fingerprint density at radius 1 is 0.305 bits per heavy atom. The van der Waals surface area contributed by atoms with Gasteiger partial charge in [-0.3, -0.25) is 0 Å². The van der Waals surface area contributed by atoms with E-state index in [1.54, 1.807) is 0 Å². The van der Waals surface area contributed by atoms with Crippen LogP contribution in [0.5, 0.6) is 0 Å². The lowest BCUT2D eigenvalue weighted by Crippen LogP contribution is -1.98. The SMILES string of the molecule is c1ccc(-c2cc(-c3ccccc3)nc(-c3cccc(-n4c5cc6c7ccccc7n(-c7ccccc7)c6cc5c5cc6ccn(-c7ccccc7)c6cc54)c3)n2)cc1. The smallest absolute Gasteiger partial charge is 0.160 e. The van der Waals surface area contributed by atoms with Gasteiger partial charge in [0.25, 0.3) is 0 Å². The lowest BCUT2D eigenvalue weighted by molar-refractivity contribution is 1.12. The van der Waals surface area contributed by atoms with Crippen molar-refractivity contribution in [1.29, 1.82) is 0 Å². The predicted molar refractivity (Wildman–Crippen MR) is 244 cm³/mol. The summed E-state index contributed by atoms with van der Waals surface area (Å²) in [6, 6.07) is 73.3. The zero-order chi connectivity index (χ0) is 38.9. The van der Waals surface area contributed by atoms with Crippen molar-refractivity contribution in [2.45, 2.75) is 0 Å². The molecule has 0 spiro atoms. The van der Waals surface area contributed by atoms with E-state index in [0.29, 0.717) is 5.82 Å². The highest BCUT2D eigenvalue weighted by Crippen LogP contribution is 2.41. The summed E-state index contributed by atoms with van der Waals surface area (Å²) in [6.07, 6.45) is 2.18. The number of aromatic nitrogens is 5. The normalized spacial score (nSPS) is 11.7. The molecule has 0 aliphatic rings. The molecule has 0 unspecified atom stereocenters. The monoisotopic (exact) mass is 753 g/mol. The van der Waals surface area contributed by atoms with Crippen molar-refractivity contribution in [1.82, 2.24) is 23.7 Å². The van der Waals surface area contributed by atoms with Gasteiger partial charge in [0.2, 0.25) is 0 Å². The average molecular weight is 754 g/mol. The molecular formula is C54H35N5. The number of para-hydroxylation sites is 3. The van der Waals surface area contributed by atoms with Crippen molar-refractivity contribution in [2.24, 2.45) is 0 Å². The molecular weight excluding hydrogens is 719 g/mol. The Balaban J connectivity index is 1.14. The van der Waals surface area contributed by atoms with E-state index in [0.717, 1.165) is 61.7 Å². The van der Waals surface area contributed by atoms with E-state index in [1.165, 1.54) is 38.0 Å². The first-order chi connectivity index (χ1) is 29.2. The van der Waals surface area contributed by atoms with Crippen molar-refractivity contribution >= 4 is 54.5 Å². The molecule has 5 nitrogen and oxygen atoms in total. The van der Waals surface area contributed by atoms with Crippen molar-refractivity contribution in [3.05, 3.63) is 212 Å². The Kier molecular flexibility index (Phi) is 7.47. The highest BCUT2D eigenvalue weighted by Gasteiger charge is 2.21. The lowest BCUT2D eigenvalue weighted by Gasteiger charge is -2.13. The Morgan fingerprint density at radius 2 is 0.814 bits per heavy atom. The summed E-state index contributed by atoms with van der Waals surface area (Å²) < 4.78 is 7.12. The molecule has 4 aromatic heterocycles. The summed E-state index contributed by atoms with van der Waals surface area (Å²) in [5, 5.41) is 6.02. The zero-order valence-corrected chi connectivity index (χ0v) is 31.9. The second kappa shape index (κ2) is 13.3. The van der Waals surface area contributed by atoms with Crippen LogP contribution in [-0.4, -0.2) is 23.7 Å². The van der Waals surface area contributed by atoms with Crippen LogP contribution in [-0.2, 0) is 0 Å². The molecule has 8 aromatic carbocycles. The first-order valence-electron chi connectivity index (χ1n) is 20.0. The number of hydrogen-bond donors (Lipinski definition) is 0. The maximum Gasteiger partial charge on any atom is 0.160 e. The topological polar surface area (TPSA) is 40.6 Å². The molecule has 12 aromatic rings. The standard InChI is InChI=1S/C54H35N5/c1-5-16-36(17-6-1)47-34-48(37-18-7-2-8-19-37)56-54(55-47)39-20-15-25-42(30-39)59-52-32-45-43-26-13-14-27-49(43)58(41-23-11-4-12-24-41)51(45)33-46(52)44-31-38-28-29-57(50(38)35-53(44)59)40-21-9-3-10-22-40/h1-35H.